The van der Waals surface area contributed by atoms with E-state index in [0.29, 0.717) is 27.2 Å². The van der Waals surface area contributed by atoms with Gasteiger partial charge in [-0.05, 0) is 36.4 Å². The molecular weight excluding hydrogens is 406 g/mol. The number of halogens is 1. The first kappa shape index (κ1) is 18.9. The first-order valence-electron chi connectivity index (χ1n) is 8.61. The SMILES string of the molecule is O=S(=O)(Nc1ccccc1C#Cc1cccnc1)c1cccc2cc(Cl)cnc12. The van der Waals surface area contributed by atoms with Crippen molar-refractivity contribution in [2.45, 2.75) is 4.90 Å². The van der Waals surface area contributed by atoms with Gasteiger partial charge in [-0.2, -0.15) is 0 Å². The van der Waals surface area contributed by atoms with Crippen molar-refractivity contribution >= 4 is 38.2 Å². The Hall–Kier alpha value is -3.40. The second-order valence-corrected chi connectivity index (χ2v) is 8.21. The molecule has 29 heavy (non-hydrogen) atoms. The zero-order valence-electron chi connectivity index (χ0n) is 15.0. The van der Waals surface area contributed by atoms with Gasteiger partial charge < -0.3 is 0 Å². The Morgan fingerprint density at radius 2 is 1.79 bits per heavy atom. The van der Waals surface area contributed by atoms with Crippen molar-refractivity contribution in [1.82, 2.24) is 9.97 Å². The summed E-state index contributed by atoms with van der Waals surface area (Å²) in [5.41, 5.74) is 2.02. The molecule has 0 atom stereocenters. The summed E-state index contributed by atoms with van der Waals surface area (Å²) in [6, 6.07) is 17.2. The van der Waals surface area contributed by atoms with Crippen LogP contribution in [-0.4, -0.2) is 18.4 Å². The fourth-order valence-electron chi connectivity index (χ4n) is 2.78. The maximum Gasteiger partial charge on any atom is 0.264 e. The molecule has 0 amide bonds. The smallest absolute Gasteiger partial charge is 0.264 e. The number of hydrogen-bond acceptors (Lipinski definition) is 4. The zero-order chi connectivity index (χ0) is 20.3. The van der Waals surface area contributed by atoms with E-state index in [1.165, 1.54) is 12.3 Å². The van der Waals surface area contributed by atoms with Crippen LogP contribution in [0.25, 0.3) is 10.9 Å². The number of hydrogen-bond donors (Lipinski definition) is 1. The van der Waals surface area contributed by atoms with Crippen LogP contribution in [0.1, 0.15) is 11.1 Å². The van der Waals surface area contributed by atoms with Gasteiger partial charge in [-0.1, -0.05) is 47.7 Å². The molecule has 2 aromatic carbocycles. The molecule has 142 valence electrons. The second kappa shape index (κ2) is 7.92. The van der Waals surface area contributed by atoms with E-state index in [1.54, 1.807) is 60.9 Å². The van der Waals surface area contributed by atoms with Gasteiger partial charge in [0, 0.05) is 35.1 Å². The Morgan fingerprint density at radius 1 is 0.931 bits per heavy atom. The largest absolute Gasteiger partial charge is 0.278 e. The molecule has 0 saturated heterocycles. The molecule has 1 N–H and O–H groups in total. The summed E-state index contributed by atoms with van der Waals surface area (Å²) in [6.45, 7) is 0. The molecule has 0 radical (unpaired) electrons. The molecule has 0 aliphatic carbocycles. The first-order valence-corrected chi connectivity index (χ1v) is 10.5. The highest BCUT2D eigenvalue weighted by Crippen LogP contribution is 2.26. The van der Waals surface area contributed by atoms with Gasteiger partial charge in [-0.15, -0.1) is 0 Å². The summed E-state index contributed by atoms with van der Waals surface area (Å²) < 4.78 is 28.8. The predicted octanol–water partition coefficient (Wildman–Crippen LogP) is 4.48. The van der Waals surface area contributed by atoms with E-state index in [2.05, 4.69) is 26.5 Å². The number of nitrogens with zero attached hydrogens (tertiary/aromatic N) is 2. The van der Waals surface area contributed by atoms with Crippen LogP contribution in [0, 0.1) is 11.8 Å². The van der Waals surface area contributed by atoms with Gasteiger partial charge in [0.15, 0.2) is 0 Å². The van der Waals surface area contributed by atoms with Crippen molar-refractivity contribution in [1.29, 1.82) is 0 Å². The van der Waals surface area contributed by atoms with Gasteiger partial charge in [0.25, 0.3) is 10.0 Å². The Bertz CT molecular complexity index is 1360. The van der Waals surface area contributed by atoms with Crippen molar-refractivity contribution < 1.29 is 8.42 Å². The fraction of sp³-hybridized carbons (Fsp3) is 0. The van der Waals surface area contributed by atoms with Gasteiger partial charge in [0.05, 0.1) is 16.2 Å². The number of sulfonamides is 1. The number of fused-ring (bicyclic) bond motifs is 1. The van der Waals surface area contributed by atoms with E-state index in [9.17, 15) is 8.42 Å². The molecule has 0 aliphatic rings. The maximum absolute atomic E-state index is 13.1. The molecule has 0 unspecified atom stereocenters. The summed E-state index contributed by atoms with van der Waals surface area (Å²) in [5.74, 6) is 5.99. The maximum atomic E-state index is 13.1. The third kappa shape index (κ3) is 4.21. The lowest BCUT2D eigenvalue weighted by Crippen LogP contribution is -2.14. The van der Waals surface area contributed by atoms with Gasteiger partial charge in [-0.3, -0.25) is 14.7 Å². The normalized spacial score (nSPS) is 10.9. The molecule has 4 aromatic rings. The number of nitrogens with one attached hydrogen (secondary N) is 1. The molecule has 2 heterocycles. The minimum Gasteiger partial charge on any atom is -0.278 e. The van der Waals surface area contributed by atoms with Gasteiger partial charge in [0.2, 0.25) is 0 Å². The monoisotopic (exact) mass is 419 g/mol. The molecule has 2 aromatic heterocycles. The van der Waals surface area contributed by atoms with Gasteiger partial charge in [0.1, 0.15) is 4.90 Å². The molecule has 4 rings (SSSR count). The van der Waals surface area contributed by atoms with E-state index in [-0.39, 0.29) is 4.90 Å². The molecule has 0 fully saturated rings. The van der Waals surface area contributed by atoms with Crippen molar-refractivity contribution in [3.8, 4) is 11.8 Å². The van der Waals surface area contributed by atoms with Crippen LogP contribution in [0.4, 0.5) is 5.69 Å². The van der Waals surface area contributed by atoms with E-state index < -0.39 is 10.0 Å². The van der Waals surface area contributed by atoms with Crippen molar-refractivity contribution in [2.75, 3.05) is 4.72 Å². The highest BCUT2D eigenvalue weighted by Gasteiger charge is 2.19. The summed E-state index contributed by atoms with van der Waals surface area (Å²) >= 11 is 5.97. The first-order chi connectivity index (χ1) is 14.0. The molecule has 0 aliphatic heterocycles. The molecule has 0 bridgehead atoms. The van der Waals surface area contributed by atoms with E-state index in [1.807, 2.05) is 6.07 Å². The van der Waals surface area contributed by atoms with Crippen LogP contribution in [0.15, 0.2) is 84.1 Å². The minimum absolute atomic E-state index is 0.0710. The lowest BCUT2D eigenvalue weighted by atomic mass is 10.2. The van der Waals surface area contributed by atoms with Crippen LogP contribution >= 0.6 is 11.6 Å². The number of anilines is 1. The Labute approximate surface area is 173 Å². The highest BCUT2D eigenvalue weighted by molar-refractivity contribution is 7.93. The van der Waals surface area contributed by atoms with Crippen LogP contribution in [0.2, 0.25) is 5.02 Å². The zero-order valence-corrected chi connectivity index (χ0v) is 16.6. The topological polar surface area (TPSA) is 72.0 Å². The Morgan fingerprint density at radius 3 is 2.62 bits per heavy atom. The van der Waals surface area contributed by atoms with Crippen molar-refractivity contribution in [3.05, 3.63) is 95.4 Å². The minimum atomic E-state index is -3.89. The molecule has 0 spiro atoms. The quantitative estimate of drug-likeness (QED) is 0.497. The molecule has 5 nitrogen and oxygen atoms in total. The number of rotatable bonds is 3. The molecular formula is C22H14ClN3O2S. The number of para-hydroxylation sites is 2. The van der Waals surface area contributed by atoms with Crippen molar-refractivity contribution in [3.63, 3.8) is 0 Å². The summed E-state index contributed by atoms with van der Waals surface area (Å²) in [7, 11) is -3.89. The number of benzene rings is 2. The van der Waals surface area contributed by atoms with Crippen LogP contribution in [0.5, 0.6) is 0 Å². The Kier molecular flexibility index (Phi) is 5.17. The number of aromatic nitrogens is 2. The summed E-state index contributed by atoms with van der Waals surface area (Å²) in [6.07, 6.45) is 4.74. The van der Waals surface area contributed by atoms with E-state index >= 15 is 0 Å². The van der Waals surface area contributed by atoms with E-state index in [0.717, 1.165) is 5.56 Å². The molecule has 7 heteroatoms. The summed E-state index contributed by atoms with van der Waals surface area (Å²) in [5, 5.41) is 1.08. The second-order valence-electron chi connectivity index (χ2n) is 6.12. The average molecular weight is 420 g/mol. The van der Waals surface area contributed by atoms with Gasteiger partial charge >= 0.3 is 0 Å². The summed E-state index contributed by atoms with van der Waals surface area (Å²) in [4.78, 5) is 8.30. The van der Waals surface area contributed by atoms with Crippen LogP contribution in [-0.2, 0) is 10.0 Å². The van der Waals surface area contributed by atoms with E-state index in [4.69, 9.17) is 11.6 Å². The highest BCUT2D eigenvalue weighted by atomic mass is 35.5. The third-order valence-electron chi connectivity index (χ3n) is 4.10. The number of pyridine rings is 2. The predicted molar refractivity (Wildman–Crippen MR) is 114 cm³/mol. The van der Waals surface area contributed by atoms with Crippen LogP contribution < -0.4 is 4.72 Å². The van der Waals surface area contributed by atoms with Crippen molar-refractivity contribution in [2.24, 2.45) is 0 Å². The third-order valence-corrected chi connectivity index (χ3v) is 5.71. The lowest BCUT2D eigenvalue weighted by molar-refractivity contribution is 0.602. The standard InChI is InChI=1S/C22H14ClN3O2S/c23-19-13-18-7-3-9-21(22(18)25-15-19)29(27,28)26-20-8-2-1-6-17(20)11-10-16-5-4-12-24-14-16/h1-9,12-15,26H. The fourth-order valence-corrected chi connectivity index (χ4v) is 4.21. The average Bonchev–Trinajstić information content (AvgIpc) is 2.73. The van der Waals surface area contributed by atoms with Crippen LogP contribution in [0.3, 0.4) is 0 Å². The Balaban J connectivity index is 1.73. The lowest BCUT2D eigenvalue weighted by Gasteiger charge is -2.11. The molecule has 0 saturated carbocycles. The van der Waals surface area contributed by atoms with Gasteiger partial charge in [-0.25, -0.2) is 8.42 Å².